The third-order valence-corrected chi connectivity index (χ3v) is 2.90. The first-order chi connectivity index (χ1) is 6.72. The molecule has 14 heavy (non-hydrogen) atoms. The molecule has 0 amide bonds. The molecule has 1 saturated carbocycles. The average Bonchev–Trinajstić information content (AvgIpc) is 3.00. The Morgan fingerprint density at radius 3 is 2.57 bits per heavy atom. The van der Waals surface area contributed by atoms with Crippen LogP contribution in [0.5, 0.6) is 0 Å². The van der Waals surface area contributed by atoms with E-state index in [1.807, 2.05) is 6.07 Å². The Labute approximate surface area is 85.8 Å². The van der Waals surface area contributed by atoms with Crippen LogP contribution in [0.25, 0.3) is 0 Å². The molecule has 1 aliphatic carbocycles. The van der Waals surface area contributed by atoms with Gasteiger partial charge >= 0.3 is 0 Å². The van der Waals surface area contributed by atoms with E-state index in [4.69, 9.17) is 5.11 Å². The normalized spacial score (nSPS) is 16.3. The van der Waals surface area contributed by atoms with Crippen LogP contribution in [0, 0.1) is 6.61 Å². The summed E-state index contributed by atoms with van der Waals surface area (Å²) in [6.45, 7) is 5.64. The minimum absolute atomic E-state index is 0.582. The first kappa shape index (κ1) is 9.72. The van der Waals surface area contributed by atoms with Crippen molar-refractivity contribution in [2.45, 2.75) is 38.5 Å². The molecule has 1 fully saturated rings. The summed E-state index contributed by atoms with van der Waals surface area (Å²) in [5.41, 5.74) is 3.82. The zero-order valence-corrected chi connectivity index (χ0v) is 8.83. The maximum atomic E-state index is 8.97. The molecule has 1 aromatic carbocycles. The highest BCUT2D eigenvalue weighted by Crippen LogP contribution is 2.43. The van der Waals surface area contributed by atoms with Crippen LogP contribution in [0.3, 0.4) is 0 Å². The van der Waals surface area contributed by atoms with E-state index in [-0.39, 0.29) is 0 Å². The maximum Gasteiger partial charge on any atom is 0.109 e. The molecule has 0 bridgehead atoms. The first-order valence-corrected chi connectivity index (χ1v) is 5.33. The van der Waals surface area contributed by atoms with Crippen LogP contribution in [-0.4, -0.2) is 5.11 Å². The minimum atomic E-state index is 0.582. The van der Waals surface area contributed by atoms with Crippen molar-refractivity contribution in [1.82, 2.24) is 0 Å². The predicted molar refractivity (Wildman–Crippen MR) is 57.8 cm³/mol. The lowest BCUT2D eigenvalue weighted by molar-refractivity contribution is 0.414. The van der Waals surface area contributed by atoms with Crippen molar-refractivity contribution in [2.75, 3.05) is 0 Å². The topological polar surface area (TPSA) is 20.2 Å². The van der Waals surface area contributed by atoms with E-state index >= 15 is 0 Å². The summed E-state index contributed by atoms with van der Waals surface area (Å²) < 4.78 is 0. The van der Waals surface area contributed by atoms with Crippen LogP contribution >= 0.6 is 0 Å². The fourth-order valence-corrected chi connectivity index (χ4v) is 1.95. The molecule has 0 saturated heterocycles. The van der Waals surface area contributed by atoms with Gasteiger partial charge in [0.1, 0.15) is 6.61 Å². The molecule has 0 spiro atoms. The molecule has 1 N–H and O–H groups in total. The lowest BCUT2D eigenvalue weighted by Gasteiger charge is -2.13. The Hall–Kier alpha value is -0.820. The van der Waals surface area contributed by atoms with Crippen LogP contribution in [0.2, 0.25) is 0 Å². The highest BCUT2D eigenvalue weighted by Gasteiger charge is 2.26. The quantitative estimate of drug-likeness (QED) is 0.770. The SMILES string of the molecule is CC(C)c1ccc([CH]O)cc1C1CC1. The van der Waals surface area contributed by atoms with Gasteiger partial charge in [0.15, 0.2) is 0 Å². The van der Waals surface area contributed by atoms with Gasteiger partial charge in [-0.25, -0.2) is 0 Å². The van der Waals surface area contributed by atoms with Crippen LogP contribution in [0.1, 0.15) is 55.2 Å². The summed E-state index contributed by atoms with van der Waals surface area (Å²) in [5, 5.41) is 8.97. The molecular formula is C13H17O. The number of hydrogen-bond donors (Lipinski definition) is 1. The smallest absolute Gasteiger partial charge is 0.109 e. The first-order valence-electron chi connectivity index (χ1n) is 5.33. The van der Waals surface area contributed by atoms with Gasteiger partial charge < -0.3 is 5.11 Å². The molecule has 1 aromatic rings. The van der Waals surface area contributed by atoms with Gasteiger partial charge in [0.05, 0.1) is 0 Å². The Kier molecular flexibility index (Phi) is 2.60. The van der Waals surface area contributed by atoms with E-state index in [0.717, 1.165) is 11.5 Å². The molecule has 1 aliphatic rings. The van der Waals surface area contributed by atoms with Crippen LogP contribution in [0.4, 0.5) is 0 Å². The van der Waals surface area contributed by atoms with Crippen molar-refractivity contribution in [3.05, 3.63) is 41.5 Å². The number of rotatable bonds is 3. The van der Waals surface area contributed by atoms with Gasteiger partial charge in [-0.2, -0.15) is 0 Å². The zero-order valence-electron chi connectivity index (χ0n) is 8.83. The minimum Gasteiger partial charge on any atom is -0.385 e. The highest BCUT2D eigenvalue weighted by molar-refractivity contribution is 5.40. The van der Waals surface area contributed by atoms with E-state index in [1.165, 1.54) is 30.6 Å². The lowest BCUT2D eigenvalue weighted by Crippen LogP contribution is -1.96. The zero-order chi connectivity index (χ0) is 10.1. The summed E-state index contributed by atoms with van der Waals surface area (Å²) >= 11 is 0. The van der Waals surface area contributed by atoms with Crippen molar-refractivity contribution in [2.24, 2.45) is 0 Å². The van der Waals surface area contributed by atoms with E-state index in [9.17, 15) is 0 Å². The second kappa shape index (κ2) is 3.74. The van der Waals surface area contributed by atoms with E-state index < -0.39 is 0 Å². The highest BCUT2D eigenvalue weighted by atomic mass is 16.3. The largest absolute Gasteiger partial charge is 0.385 e. The van der Waals surface area contributed by atoms with Gasteiger partial charge in [0, 0.05) is 0 Å². The molecule has 0 aliphatic heterocycles. The van der Waals surface area contributed by atoms with Gasteiger partial charge in [0.2, 0.25) is 0 Å². The molecule has 1 radical (unpaired) electrons. The van der Waals surface area contributed by atoms with Crippen molar-refractivity contribution in [3.8, 4) is 0 Å². The lowest BCUT2D eigenvalue weighted by atomic mass is 9.93. The van der Waals surface area contributed by atoms with Gasteiger partial charge in [-0.1, -0.05) is 32.0 Å². The molecule has 1 heteroatoms. The second-order valence-electron chi connectivity index (χ2n) is 4.45. The van der Waals surface area contributed by atoms with Crippen LogP contribution in [0.15, 0.2) is 18.2 Å². The fourth-order valence-electron chi connectivity index (χ4n) is 1.95. The van der Waals surface area contributed by atoms with Crippen LogP contribution in [-0.2, 0) is 0 Å². The number of aliphatic hydroxyl groups excluding tert-OH is 1. The Morgan fingerprint density at radius 2 is 2.07 bits per heavy atom. The fraction of sp³-hybridized carbons (Fsp3) is 0.462. The summed E-state index contributed by atoms with van der Waals surface area (Å²) in [4.78, 5) is 0. The molecule has 0 heterocycles. The van der Waals surface area contributed by atoms with Gasteiger partial charge in [-0.05, 0) is 41.4 Å². The molecule has 1 nitrogen and oxygen atoms in total. The van der Waals surface area contributed by atoms with Crippen LogP contribution < -0.4 is 0 Å². The Morgan fingerprint density at radius 1 is 1.36 bits per heavy atom. The monoisotopic (exact) mass is 189 g/mol. The van der Waals surface area contributed by atoms with Gasteiger partial charge in [-0.3, -0.25) is 0 Å². The van der Waals surface area contributed by atoms with Crippen molar-refractivity contribution >= 4 is 0 Å². The standard InChI is InChI=1S/C13H17O/c1-9(2)12-6-3-10(8-14)7-13(12)11-4-5-11/h3,6-9,11,14H,4-5H2,1-2H3. The summed E-state index contributed by atoms with van der Waals surface area (Å²) in [6.07, 6.45) is 2.63. The Balaban J connectivity index is 2.38. The van der Waals surface area contributed by atoms with Crippen molar-refractivity contribution < 1.29 is 5.11 Å². The van der Waals surface area contributed by atoms with E-state index in [0.29, 0.717) is 5.92 Å². The number of benzene rings is 1. The average molecular weight is 189 g/mol. The third-order valence-electron chi connectivity index (χ3n) is 2.90. The van der Waals surface area contributed by atoms with Gasteiger partial charge in [-0.15, -0.1) is 0 Å². The summed E-state index contributed by atoms with van der Waals surface area (Å²) in [6, 6.07) is 6.27. The Bertz CT molecular complexity index is 324. The van der Waals surface area contributed by atoms with Crippen molar-refractivity contribution in [3.63, 3.8) is 0 Å². The molecule has 0 atom stereocenters. The molecule has 0 unspecified atom stereocenters. The number of hydrogen-bond acceptors (Lipinski definition) is 1. The van der Waals surface area contributed by atoms with Gasteiger partial charge in [0.25, 0.3) is 0 Å². The second-order valence-corrected chi connectivity index (χ2v) is 4.45. The third kappa shape index (κ3) is 1.83. The van der Waals surface area contributed by atoms with Crippen molar-refractivity contribution in [1.29, 1.82) is 0 Å². The number of aliphatic hydroxyl groups is 1. The summed E-state index contributed by atoms with van der Waals surface area (Å²) in [7, 11) is 0. The van der Waals surface area contributed by atoms with E-state index in [2.05, 4.69) is 26.0 Å². The molecule has 0 aromatic heterocycles. The molecular weight excluding hydrogens is 172 g/mol. The summed E-state index contributed by atoms with van der Waals surface area (Å²) in [5.74, 6) is 1.34. The van der Waals surface area contributed by atoms with E-state index in [1.54, 1.807) is 0 Å². The molecule has 2 rings (SSSR count). The maximum absolute atomic E-state index is 8.97. The predicted octanol–water partition coefficient (Wildman–Crippen LogP) is 3.57. The molecule has 75 valence electrons.